The highest BCUT2D eigenvalue weighted by Crippen LogP contribution is 2.52. The maximum atomic E-state index is 13.3. The Balaban J connectivity index is 0.000000505. The van der Waals surface area contributed by atoms with E-state index in [1.165, 1.54) is 0 Å². The molecule has 2 saturated carbocycles. The van der Waals surface area contributed by atoms with Crippen molar-refractivity contribution in [3.05, 3.63) is 35.9 Å². The summed E-state index contributed by atoms with van der Waals surface area (Å²) in [5, 5.41) is 21.5. The number of aliphatic hydroxyl groups excluding tert-OH is 2. The summed E-state index contributed by atoms with van der Waals surface area (Å²) >= 11 is 0. The van der Waals surface area contributed by atoms with Crippen LogP contribution in [-0.4, -0.2) is 69.9 Å². The van der Waals surface area contributed by atoms with Crippen LogP contribution in [0.2, 0.25) is 0 Å². The molecule has 0 radical (unpaired) electrons. The van der Waals surface area contributed by atoms with Gasteiger partial charge in [0.1, 0.15) is 18.3 Å². The van der Waals surface area contributed by atoms with Gasteiger partial charge < -0.3 is 36.5 Å². The molecule has 0 heterocycles. The Hall–Kier alpha value is -2.68. The number of hydrogen-bond acceptors (Lipinski definition) is 8. The minimum atomic E-state index is -2.85. The molecule has 2 amide bonds. The monoisotopic (exact) mass is 615 g/mol. The van der Waals surface area contributed by atoms with Gasteiger partial charge in [-0.15, -0.1) is 12.4 Å². The first-order valence-corrected chi connectivity index (χ1v) is 12.7. The van der Waals surface area contributed by atoms with Gasteiger partial charge in [-0.1, -0.05) is 30.3 Å². The van der Waals surface area contributed by atoms with Crippen LogP contribution in [0.1, 0.15) is 52.0 Å². The van der Waals surface area contributed by atoms with Crippen LogP contribution in [-0.2, 0) is 25.7 Å². The van der Waals surface area contributed by atoms with Gasteiger partial charge in [0.05, 0.1) is 6.04 Å². The molecule has 0 spiro atoms. The first-order valence-electron chi connectivity index (χ1n) is 12.7. The fourth-order valence-electron chi connectivity index (χ4n) is 3.73. The number of esters is 1. The van der Waals surface area contributed by atoms with Crippen LogP contribution in [0.3, 0.4) is 0 Å². The number of alkyl halides is 4. The predicted molar refractivity (Wildman–Crippen MR) is 141 cm³/mol. The van der Waals surface area contributed by atoms with Crippen LogP contribution in [0.15, 0.2) is 30.3 Å². The number of hydrogen-bond donors (Lipinski definition) is 5. The summed E-state index contributed by atoms with van der Waals surface area (Å²) in [5.74, 6) is -9.29. The van der Waals surface area contributed by atoms with Crippen molar-refractivity contribution in [2.45, 2.75) is 94.8 Å². The number of alkyl carbamates (subject to hydrolysis) is 1. The molecule has 234 valence electrons. The number of nitrogens with one attached hydrogen (secondary N) is 1. The number of aliphatic hydroxyl groups is 2. The molecule has 6 unspecified atom stereocenters. The summed E-state index contributed by atoms with van der Waals surface area (Å²) in [5.41, 5.74) is 9.92. The van der Waals surface area contributed by atoms with Crippen LogP contribution in [0.5, 0.6) is 0 Å². The maximum absolute atomic E-state index is 13.3. The second-order valence-electron chi connectivity index (χ2n) is 11.1. The first-order chi connectivity index (χ1) is 18.3. The normalized spacial score (nSPS) is 22.7. The summed E-state index contributed by atoms with van der Waals surface area (Å²) in [6.07, 6.45) is -5.10. The van der Waals surface area contributed by atoms with E-state index in [9.17, 15) is 37.1 Å². The van der Waals surface area contributed by atoms with E-state index in [2.05, 4.69) is 5.32 Å². The third-order valence-electron chi connectivity index (χ3n) is 6.25. The van der Waals surface area contributed by atoms with E-state index in [-0.39, 0.29) is 44.7 Å². The van der Waals surface area contributed by atoms with Gasteiger partial charge in [-0.25, -0.2) is 27.2 Å². The summed E-state index contributed by atoms with van der Waals surface area (Å²) < 4.78 is 61.4. The summed E-state index contributed by atoms with van der Waals surface area (Å²) in [6, 6.07) is 6.65. The molecule has 10 nitrogen and oxygen atoms in total. The topological polar surface area (TPSA) is 174 Å². The number of rotatable bonds is 11. The van der Waals surface area contributed by atoms with Gasteiger partial charge in [0.25, 0.3) is 11.8 Å². The molecular weight excluding hydrogens is 578 g/mol. The molecule has 0 saturated heterocycles. The summed E-state index contributed by atoms with van der Waals surface area (Å²) in [4.78, 5) is 34.5. The second-order valence-corrected chi connectivity index (χ2v) is 11.1. The van der Waals surface area contributed by atoms with Gasteiger partial charge in [-0.3, -0.25) is 4.79 Å². The molecule has 0 bridgehead atoms. The van der Waals surface area contributed by atoms with Crippen molar-refractivity contribution in [2.24, 2.45) is 23.3 Å². The van der Waals surface area contributed by atoms with Crippen molar-refractivity contribution in [1.29, 1.82) is 0 Å². The largest absolute Gasteiger partial charge is 0.458 e. The average Bonchev–Trinajstić information content (AvgIpc) is 3.67. The Morgan fingerprint density at radius 2 is 1.49 bits per heavy atom. The molecule has 3 rings (SSSR count). The van der Waals surface area contributed by atoms with E-state index in [1.807, 2.05) is 6.07 Å². The van der Waals surface area contributed by atoms with E-state index < -0.39 is 71.5 Å². The Kier molecular flexibility index (Phi) is 12.8. The SMILES string of the molecule is CC(C)(C)OC(=O)C(O)C(CC1CC1(F)F)NC(=O)OCc1ccccc1.Cl.NC(=O)C(O)C(N)CC1CC1(F)F. The van der Waals surface area contributed by atoms with E-state index in [0.29, 0.717) is 0 Å². The fraction of sp³-hybridized carbons (Fsp3) is 0.654. The number of carbonyl (C=O) groups is 3. The fourth-order valence-corrected chi connectivity index (χ4v) is 3.73. The Morgan fingerprint density at radius 1 is 1.00 bits per heavy atom. The van der Waals surface area contributed by atoms with Crippen molar-refractivity contribution >= 4 is 30.4 Å². The molecule has 1 aromatic rings. The molecule has 2 aliphatic rings. The zero-order valence-electron chi connectivity index (χ0n) is 22.9. The van der Waals surface area contributed by atoms with Gasteiger partial charge in [0, 0.05) is 30.7 Å². The first kappa shape index (κ1) is 36.3. The Labute approximate surface area is 241 Å². The third kappa shape index (κ3) is 12.4. The average molecular weight is 616 g/mol. The van der Waals surface area contributed by atoms with Crippen molar-refractivity contribution < 1.29 is 51.6 Å². The summed E-state index contributed by atoms with van der Waals surface area (Å²) in [6.45, 7) is 4.82. The number of primary amides is 1. The lowest BCUT2D eigenvalue weighted by atomic mass is 10.0. The van der Waals surface area contributed by atoms with Crippen molar-refractivity contribution in [3.63, 3.8) is 0 Å². The van der Waals surface area contributed by atoms with E-state index >= 15 is 0 Å². The van der Waals surface area contributed by atoms with Crippen molar-refractivity contribution in [1.82, 2.24) is 5.32 Å². The lowest BCUT2D eigenvalue weighted by Crippen LogP contribution is -2.49. The molecule has 6 atom stereocenters. The lowest BCUT2D eigenvalue weighted by molar-refractivity contribution is -0.166. The molecule has 1 aromatic carbocycles. The maximum Gasteiger partial charge on any atom is 0.407 e. The van der Waals surface area contributed by atoms with Crippen LogP contribution in [0.25, 0.3) is 0 Å². The highest BCUT2D eigenvalue weighted by Gasteiger charge is 2.58. The molecule has 41 heavy (non-hydrogen) atoms. The smallest absolute Gasteiger partial charge is 0.407 e. The number of amides is 2. The molecule has 7 N–H and O–H groups in total. The zero-order valence-corrected chi connectivity index (χ0v) is 23.7. The predicted octanol–water partition coefficient (Wildman–Crippen LogP) is 2.66. The van der Waals surface area contributed by atoms with Gasteiger partial charge in [-0.05, 0) is 39.2 Å². The zero-order chi connectivity index (χ0) is 30.5. The quantitative estimate of drug-likeness (QED) is 0.187. The molecule has 0 aliphatic heterocycles. The lowest BCUT2D eigenvalue weighted by Gasteiger charge is -2.26. The molecule has 2 aliphatic carbocycles. The summed E-state index contributed by atoms with van der Waals surface area (Å²) in [7, 11) is 0. The number of carbonyl (C=O) groups excluding carboxylic acids is 3. The van der Waals surface area contributed by atoms with E-state index in [4.69, 9.17) is 26.0 Å². The minimum absolute atomic E-state index is 0. The van der Waals surface area contributed by atoms with E-state index in [1.54, 1.807) is 45.0 Å². The molecule has 0 aromatic heterocycles. The van der Waals surface area contributed by atoms with Gasteiger partial charge in [0.15, 0.2) is 6.10 Å². The number of ether oxygens (including phenoxy) is 2. The van der Waals surface area contributed by atoms with E-state index in [0.717, 1.165) is 5.56 Å². The number of halogens is 5. The van der Waals surface area contributed by atoms with Crippen molar-refractivity contribution in [3.8, 4) is 0 Å². The van der Waals surface area contributed by atoms with Gasteiger partial charge in [-0.2, -0.15) is 0 Å². The van der Waals surface area contributed by atoms with Crippen LogP contribution < -0.4 is 16.8 Å². The molecular formula is C26H38ClF4N3O7. The Bertz CT molecular complexity index is 1030. The van der Waals surface area contributed by atoms with Gasteiger partial charge in [0.2, 0.25) is 5.91 Å². The van der Waals surface area contributed by atoms with Gasteiger partial charge >= 0.3 is 12.1 Å². The standard InChI is InChI=1S/C19H25F2NO5.C7H12F2N2O2.ClH/c1-18(2,3)27-16(24)15(23)14(9-13-10-19(13,20)21)22-17(25)26-11-12-7-5-4-6-8-12;8-7(9)2-3(7)1-4(10)5(12)6(11)13;/h4-8,13-15,23H,9-11H2,1-3H3,(H,22,25);3-5,12H,1-2,10H2,(H2,11,13);1H. The minimum Gasteiger partial charge on any atom is -0.458 e. The second kappa shape index (κ2) is 14.5. The van der Waals surface area contributed by atoms with Crippen molar-refractivity contribution in [2.75, 3.05) is 0 Å². The molecule has 2 fully saturated rings. The highest BCUT2D eigenvalue weighted by molar-refractivity contribution is 5.85. The van der Waals surface area contributed by atoms with Crippen LogP contribution in [0, 0.1) is 11.8 Å². The number of nitrogens with two attached hydrogens (primary N) is 2. The Morgan fingerprint density at radius 3 is 1.93 bits per heavy atom. The highest BCUT2D eigenvalue weighted by atomic mass is 35.5. The van der Waals surface area contributed by atoms with Crippen LogP contribution >= 0.6 is 12.4 Å². The molecule has 15 heteroatoms. The van der Waals surface area contributed by atoms with Crippen LogP contribution in [0.4, 0.5) is 22.4 Å². The number of benzene rings is 1. The third-order valence-corrected chi connectivity index (χ3v) is 6.25.